The first-order chi connectivity index (χ1) is 9.29. The number of carbonyl (C=O) groups excluding carboxylic acids is 1. The fraction of sp³-hybridized carbons (Fsp3) is 0.267. The van der Waals surface area contributed by atoms with Crippen molar-refractivity contribution < 1.29 is 14.3 Å². The minimum absolute atomic E-state index is 0.0979. The van der Waals surface area contributed by atoms with E-state index in [2.05, 4.69) is 5.32 Å². The monoisotopic (exact) mass is 259 g/mol. The number of furan rings is 1. The predicted molar refractivity (Wildman–Crippen MR) is 71.4 cm³/mol. The Hall–Kier alpha value is -2.07. The first kappa shape index (κ1) is 13.4. The van der Waals surface area contributed by atoms with Crippen LogP contribution in [0.5, 0.6) is 0 Å². The summed E-state index contributed by atoms with van der Waals surface area (Å²) in [5, 5.41) is 12.2. The summed E-state index contributed by atoms with van der Waals surface area (Å²) in [6, 6.07) is 12.7. The zero-order chi connectivity index (χ0) is 13.5. The van der Waals surface area contributed by atoms with E-state index in [1.165, 1.54) is 0 Å². The van der Waals surface area contributed by atoms with E-state index in [0.717, 1.165) is 11.3 Å². The molecule has 0 radical (unpaired) electrons. The van der Waals surface area contributed by atoms with Crippen molar-refractivity contribution in [1.82, 2.24) is 5.32 Å². The molecule has 0 spiro atoms. The highest BCUT2D eigenvalue weighted by atomic mass is 16.3. The Kier molecular flexibility index (Phi) is 4.75. The van der Waals surface area contributed by atoms with Crippen molar-refractivity contribution in [3.05, 3.63) is 60.1 Å². The van der Waals surface area contributed by atoms with Gasteiger partial charge in [-0.1, -0.05) is 30.3 Å². The van der Waals surface area contributed by atoms with E-state index >= 15 is 0 Å². The van der Waals surface area contributed by atoms with E-state index < -0.39 is 0 Å². The number of hydrogen-bond acceptors (Lipinski definition) is 3. The Morgan fingerprint density at radius 3 is 2.63 bits per heavy atom. The topological polar surface area (TPSA) is 62.5 Å². The third kappa shape index (κ3) is 3.96. The number of benzene rings is 1. The molecule has 100 valence electrons. The highest BCUT2D eigenvalue weighted by molar-refractivity contribution is 5.76. The molecule has 0 aliphatic rings. The van der Waals surface area contributed by atoms with Crippen LogP contribution < -0.4 is 5.32 Å². The lowest BCUT2D eigenvalue weighted by molar-refractivity contribution is -0.122. The van der Waals surface area contributed by atoms with E-state index in [4.69, 9.17) is 4.42 Å². The van der Waals surface area contributed by atoms with Gasteiger partial charge in [0.05, 0.1) is 18.9 Å². The van der Waals surface area contributed by atoms with E-state index in [0.29, 0.717) is 12.8 Å². The summed E-state index contributed by atoms with van der Waals surface area (Å²) in [5.74, 6) is 0.690. The predicted octanol–water partition coefficient (Wildman–Crippen LogP) is 2.06. The van der Waals surface area contributed by atoms with Crippen molar-refractivity contribution in [2.24, 2.45) is 0 Å². The van der Waals surface area contributed by atoms with Crippen LogP contribution in [-0.2, 0) is 11.2 Å². The van der Waals surface area contributed by atoms with Crippen LogP contribution in [0, 0.1) is 0 Å². The molecule has 2 rings (SSSR count). The molecule has 0 bridgehead atoms. The normalized spacial score (nSPS) is 12.1. The summed E-state index contributed by atoms with van der Waals surface area (Å²) in [6.07, 6.45) is 2.50. The number of nitrogens with one attached hydrogen (secondary N) is 1. The molecule has 0 saturated heterocycles. The molecule has 1 unspecified atom stereocenters. The first-order valence-electron chi connectivity index (χ1n) is 6.27. The molecule has 0 fully saturated rings. The van der Waals surface area contributed by atoms with E-state index in [1.807, 2.05) is 36.4 Å². The van der Waals surface area contributed by atoms with Gasteiger partial charge in [-0.25, -0.2) is 0 Å². The van der Waals surface area contributed by atoms with Crippen LogP contribution in [-0.4, -0.2) is 17.6 Å². The van der Waals surface area contributed by atoms with E-state index in [-0.39, 0.29) is 18.6 Å². The van der Waals surface area contributed by atoms with Crippen molar-refractivity contribution in [2.45, 2.75) is 18.9 Å². The molecule has 2 N–H and O–H groups in total. The average molecular weight is 259 g/mol. The standard InChI is InChI=1S/C15H17NO3/c17-11-14(12-5-2-1-3-6-12)16-15(18)9-8-13-7-4-10-19-13/h1-7,10,14,17H,8-9,11H2,(H,16,18). The Labute approximate surface area is 112 Å². The lowest BCUT2D eigenvalue weighted by Crippen LogP contribution is -2.30. The minimum Gasteiger partial charge on any atom is -0.469 e. The second kappa shape index (κ2) is 6.75. The van der Waals surface area contributed by atoms with Crippen LogP contribution in [0.15, 0.2) is 53.1 Å². The second-order valence-corrected chi connectivity index (χ2v) is 4.29. The van der Waals surface area contributed by atoms with Gasteiger partial charge in [0.15, 0.2) is 0 Å². The number of amides is 1. The van der Waals surface area contributed by atoms with Crippen molar-refractivity contribution in [3.63, 3.8) is 0 Å². The van der Waals surface area contributed by atoms with Gasteiger partial charge in [-0.2, -0.15) is 0 Å². The van der Waals surface area contributed by atoms with Crippen molar-refractivity contribution in [1.29, 1.82) is 0 Å². The fourth-order valence-corrected chi connectivity index (χ4v) is 1.88. The number of carbonyl (C=O) groups is 1. The van der Waals surface area contributed by atoms with Gasteiger partial charge < -0.3 is 14.8 Å². The van der Waals surface area contributed by atoms with Crippen molar-refractivity contribution in [2.75, 3.05) is 6.61 Å². The zero-order valence-electron chi connectivity index (χ0n) is 10.6. The minimum atomic E-state index is -0.356. The maximum atomic E-state index is 11.8. The zero-order valence-corrected chi connectivity index (χ0v) is 10.6. The Balaban J connectivity index is 1.86. The van der Waals surface area contributed by atoms with Crippen LogP contribution in [0.4, 0.5) is 0 Å². The molecule has 4 nitrogen and oxygen atoms in total. The summed E-state index contributed by atoms with van der Waals surface area (Å²) in [5.41, 5.74) is 0.899. The van der Waals surface area contributed by atoms with Gasteiger partial charge in [0, 0.05) is 12.8 Å². The maximum Gasteiger partial charge on any atom is 0.221 e. The number of rotatable bonds is 6. The van der Waals surface area contributed by atoms with Crippen LogP contribution in [0.2, 0.25) is 0 Å². The molecule has 1 atom stereocenters. The Morgan fingerprint density at radius 1 is 1.21 bits per heavy atom. The molecule has 0 aliphatic carbocycles. The maximum absolute atomic E-state index is 11.8. The summed E-state index contributed by atoms with van der Waals surface area (Å²) in [6.45, 7) is -0.115. The van der Waals surface area contributed by atoms with Crippen LogP contribution in [0.25, 0.3) is 0 Å². The molecule has 4 heteroatoms. The molecule has 2 aromatic rings. The number of aliphatic hydroxyl groups excluding tert-OH is 1. The average Bonchev–Trinajstić information content (AvgIpc) is 2.97. The highest BCUT2D eigenvalue weighted by Crippen LogP contribution is 2.12. The smallest absolute Gasteiger partial charge is 0.221 e. The molecule has 1 aromatic heterocycles. The van der Waals surface area contributed by atoms with E-state index in [9.17, 15) is 9.90 Å². The number of aliphatic hydroxyl groups is 1. The lowest BCUT2D eigenvalue weighted by atomic mass is 10.1. The Morgan fingerprint density at radius 2 is 2.00 bits per heavy atom. The summed E-state index contributed by atoms with van der Waals surface area (Å²) in [4.78, 5) is 11.8. The highest BCUT2D eigenvalue weighted by Gasteiger charge is 2.13. The third-order valence-electron chi connectivity index (χ3n) is 2.90. The van der Waals surface area contributed by atoms with Gasteiger partial charge in [-0.3, -0.25) is 4.79 Å². The largest absolute Gasteiger partial charge is 0.469 e. The van der Waals surface area contributed by atoms with Crippen LogP contribution in [0.3, 0.4) is 0 Å². The number of aryl methyl sites for hydroxylation is 1. The molecule has 0 aliphatic heterocycles. The molecular formula is C15H17NO3. The lowest BCUT2D eigenvalue weighted by Gasteiger charge is -2.16. The molecule has 1 amide bonds. The molecular weight excluding hydrogens is 242 g/mol. The van der Waals surface area contributed by atoms with Gasteiger partial charge in [-0.05, 0) is 17.7 Å². The summed E-state index contributed by atoms with van der Waals surface area (Å²) in [7, 11) is 0. The number of hydrogen-bond donors (Lipinski definition) is 2. The quantitative estimate of drug-likeness (QED) is 0.834. The van der Waals surface area contributed by atoms with Gasteiger partial charge in [0.25, 0.3) is 0 Å². The van der Waals surface area contributed by atoms with Gasteiger partial charge in [-0.15, -0.1) is 0 Å². The van der Waals surface area contributed by atoms with Gasteiger partial charge in [0.2, 0.25) is 5.91 Å². The molecule has 1 aromatic carbocycles. The first-order valence-corrected chi connectivity index (χ1v) is 6.27. The fourth-order valence-electron chi connectivity index (χ4n) is 1.88. The Bertz CT molecular complexity index is 493. The van der Waals surface area contributed by atoms with Crippen LogP contribution >= 0.6 is 0 Å². The molecule has 0 saturated carbocycles. The van der Waals surface area contributed by atoms with Crippen LogP contribution in [0.1, 0.15) is 23.8 Å². The molecule has 1 heterocycles. The summed E-state index contributed by atoms with van der Waals surface area (Å²) >= 11 is 0. The molecule has 19 heavy (non-hydrogen) atoms. The van der Waals surface area contributed by atoms with Gasteiger partial charge >= 0.3 is 0 Å². The third-order valence-corrected chi connectivity index (χ3v) is 2.90. The second-order valence-electron chi connectivity index (χ2n) is 4.29. The van der Waals surface area contributed by atoms with Gasteiger partial charge in [0.1, 0.15) is 5.76 Å². The SMILES string of the molecule is O=C(CCc1ccco1)NC(CO)c1ccccc1. The van der Waals surface area contributed by atoms with Crippen molar-refractivity contribution >= 4 is 5.91 Å². The van der Waals surface area contributed by atoms with E-state index in [1.54, 1.807) is 12.3 Å². The summed E-state index contributed by atoms with van der Waals surface area (Å²) < 4.78 is 5.17. The van der Waals surface area contributed by atoms with Crippen molar-refractivity contribution in [3.8, 4) is 0 Å².